The highest BCUT2D eigenvalue weighted by Crippen LogP contribution is 2.13. The van der Waals surface area contributed by atoms with E-state index < -0.39 is 0 Å². The molecule has 0 aliphatic rings. The number of rotatable bonds is 5. The predicted octanol–water partition coefficient (Wildman–Crippen LogP) is 3.42. The van der Waals surface area contributed by atoms with Gasteiger partial charge in [-0.3, -0.25) is 0 Å². The van der Waals surface area contributed by atoms with Gasteiger partial charge in [0, 0.05) is 6.42 Å². The van der Waals surface area contributed by atoms with Gasteiger partial charge in [0.2, 0.25) is 4.73 Å². The van der Waals surface area contributed by atoms with Crippen LogP contribution in [0.1, 0.15) is 37.6 Å². The molecule has 0 aliphatic carbocycles. The van der Waals surface area contributed by atoms with Crippen molar-refractivity contribution in [2.75, 3.05) is 0 Å². The van der Waals surface area contributed by atoms with Gasteiger partial charge < -0.3 is 0 Å². The summed E-state index contributed by atoms with van der Waals surface area (Å²) in [5.74, 6) is 0. The van der Waals surface area contributed by atoms with E-state index in [4.69, 9.17) is 0 Å². The van der Waals surface area contributed by atoms with E-state index in [-0.39, 0.29) is 0 Å². The average molecular weight is 249 g/mol. The topological polar surface area (TPSA) is 25.8 Å². The van der Waals surface area contributed by atoms with Crippen LogP contribution in [-0.4, -0.2) is 9.36 Å². The molecule has 0 aliphatic heterocycles. The summed E-state index contributed by atoms with van der Waals surface area (Å²) < 4.78 is 4.80. The Hall–Kier alpha value is 0.0400. The Labute approximate surface area is 85.7 Å². The lowest BCUT2D eigenvalue weighted by molar-refractivity contribution is 0.665. The Kier molecular flexibility index (Phi) is 4.76. The Morgan fingerprint density at radius 2 is 2.17 bits per heavy atom. The van der Waals surface area contributed by atoms with Crippen molar-refractivity contribution < 1.29 is 0 Å². The van der Waals surface area contributed by atoms with Crippen molar-refractivity contribution in [3.63, 3.8) is 0 Å². The van der Waals surface area contributed by atoms with Gasteiger partial charge in [0.05, 0.1) is 0 Å². The maximum atomic E-state index is 4.23. The van der Waals surface area contributed by atoms with Gasteiger partial charge in [-0.2, -0.15) is 4.37 Å². The number of aromatic nitrogens is 2. The average Bonchev–Trinajstić information content (AvgIpc) is 2.45. The van der Waals surface area contributed by atoms with Crippen molar-refractivity contribution >= 4 is 27.5 Å². The second-order valence-corrected chi connectivity index (χ2v) is 4.31. The second kappa shape index (κ2) is 5.65. The van der Waals surface area contributed by atoms with Gasteiger partial charge in [0.25, 0.3) is 0 Å². The van der Waals surface area contributed by atoms with E-state index in [0.717, 1.165) is 16.2 Å². The molecule has 12 heavy (non-hydrogen) atoms. The van der Waals surface area contributed by atoms with Crippen LogP contribution < -0.4 is 0 Å². The smallest absolute Gasteiger partial charge is 0.209 e. The SMILES string of the molecule is CCCCCCc1nc(Br)ns1. The zero-order chi connectivity index (χ0) is 8.81. The summed E-state index contributed by atoms with van der Waals surface area (Å²) in [6.07, 6.45) is 6.27. The molecular weight excluding hydrogens is 236 g/mol. The molecule has 1 aromatic heterocycles. The quantitative estimate of drug-likeness (QED) is 0.747. The molecule has 0 fully saturated rings. The van der Waals surface area contributed by atoms with Crippen LogP contribution in [0.25, 0.3) is 0 Å². The first-order valence-corrected chi connectivity index (χ1v) is 5.87. The molecule has 0 atom stereocenters. The maximum absolute atomic E-state index is 4.23. The molecule has 1 aromatic rings. The fraction of sp³-hybridized carbons (Fsp3) is 0.750. The van der Waals surface area contributed by atoms with Crippen LogP contribution in [0.4, 0.5) is 0 Å². The summed E-state index contributed by atoms with van der Waals surface area (Å²) in [5, 5.41) is 1.15. The van der Waals surface area contributed by atoms with Crippen molar-refractivity contribution in [1.29, 1.82) is 0 Å². The Balaban J connectivity index is 2.15. The lowest BCUT2D eigenvalue weighted by Gasteiger charge is -1.94. The van der Waals surface area contributed by atoms with Crippen molar-refractivity contribution in [2.45, 2.75) is 39.0 Å². The molecule has 1 heterocycles. The summed E-state index contributed by atoms with van der Waals surface area (Å²) in [5.41, 5.74) is 0. The molecule has 68 valence electrons. The molecule has 0 saturated carbocycles. The van der Waals surface area contributed by atoms with Crippen LogP contribution >= 0.6 is 27.5 Å². The van der Waals surface area contributed by atoms with Crippen molar-refractivity contribution in [3.8, 4) is 0 Å². The zero-order valence-electron chi connectivity index (χ0n) is 7.22. The number of aryl methyl sites for hydroxylation is 1. The summed E-state index contributed by atoms with van der Waals surface area (Å²) in [4.78, 5) is 4.23. The summed E-state index contributed by atoms with van der Waals surface area (Å²) in [6.45, 7) is 2.22. The molecule has 2 nitrogen and oxygen atoms in total. The number of nitrogens with zero attached hydrogens (tertiary/aromatic N) is 2. The zero-order valence-corrected chi connectivity index (χ0v) is 9.62. The first-order chi connectivity index (χ1) is 5.83. The second-order valence-electron chi connectivity index (χ2n) is 2.77. The normalized spacial score (nSPS) is 10.5. The fourth-order valence-electron chi connectivity index (χ4n) is 1.04. The van der Waals surface area contributed by atoms with E-state index in [9.17, 15) is 0 Å². The molecular formula is C8H13BrN2S. The van der Waals surface area contributed by atoms with E-state index in [2.05, 4.69) is 32.2 Å². The molecule has 0 aromatic carbocycles. The predicted molar refractivity (Wildman–Crippen MR) is 55.5 cm³/mol. The van der Waals surface area contributed by atoms with Crippen molar-refractivity contribution in [3.05, 3.63) is 9.74 Å². The van der Waals surface area contributed by atoms with Crippen molar-refractivity contribution in [1.82, 2.24) is 9.36 Å². The van der Waals surface area contributed by atoms with E-state index in [0.29, 0.717) is 0 Å². The molecule has 0 bridgehead atoms. The summed E-state index contributed by atoms with van der Waals surface area (Å²) in [7, 11) is 0. The van der Waals surface area contributed by atoms with E-state index in [1.807, 2.05) is 0 Å². The van der Waals surface area contributed by atoms with E-state index in [1.165, 1.54) is 37.2 Å². The number of unbranched alkanes of at least 4 members (excludes halogenated alkanes) is 3. The minimum absolute atomic E-state index is 0.734. The van der Waals surface area contributed by atoms with Gasteiger partial charge in [-0.25, -0.2) is 4.98 Å². The first kappa shape index (κ1) is 10.1. The summed E-state index contributed by atoms with van der Waals surface area (Å²) in [6, 6.07) is 0. The molecule has 0 unspecified atom stereocenters. The van der Waals surface area contributed by atoms with Gasteiger partial charge >= 0.3 is 0 Å². The number of hydrogen-bond acceptors (Lipinski definition) is 3. The third-order valence-corrected chi connectivity index (χ3v) is 3.05. The van der Waals surface area contributed by atoms with Crippen LogP contribution in [0.5, 0.6) is 0 Å². The van der Waals surface area contributed by atoms with Gasteiger partial charge in [-0.15, -0.1) is 0 Å². The molecule has 0 saturated heterocycles. The Morgan fingerprint density at radius 1 is 1.33 bits per heavy atom. The third-order valence-electron chi connectivity index (χ3n) is 1.69. The van der Waals surface area contributed by atoms with E-state index in [1.54, 1.807) is 0 Å². The molecule has 1 rings (SSSR count). The highest BCUT2D eigenvalue weighted by molar-refractivity contribution is 9.10. The molecule has 0 spiro atoms. The molecule has 4 heteroatoms. The van der Waals surface area contributed by atoms with Gasteiger partial charge in [-0.05, 0) is 33.9 Å². The van der Waals surface area contributed by atoms with E-state index >= 15 is 0 Å². The highest BCUT2D eigenvalue weighted by atomic mass is 79.9. The van der Waals surface area contributed by atoms with Crippen LogP contribution in [0.3, 0.4) is 0 Å². The monoisotopic (exact) mass is 248 g/mol. The minimum atomic E-state index is 0.734. The highest BCUT2D eigenvalue weighted by Gasteiger charge is 1.99. The van der Waals surface area contributed by atoms with Gasteiger partial charge in [-0.1, -0.05) is 26.2 Å². The van der Waals surface area contributed by atoms with Crippen LogP contribution in [0, 0.1) is 0 Å². The van der Waals surface area contributed by atoms with Crippen LogP contribution in [0.2, 0.25) is 0 Å². The fourth-order valence-corrected chi connectivity index (χ4v) is 2.17. The number of halogens is 1. The Bertz CT molecular complexity index is 225. The Morgan fingerprint density at radius 3 is 2.75 bits per heavy atom. The molecule has 0 amide bonds. The largest absolute Gasteiger partial charge is 0.214 e. The molecule has 0 N–H and O–H groups in total. The first-order valence-electron chi connectivity index (χ1n) is 4.31. The third kappa shape index (κ3) is 3.63. The minimum Gasteiger partial charge on any atom is -0.214 e. The van der Waals surface area contributed by atoms with Crippen LogP contribution in [0.15, 0.2) is 4.73 Å². The summed E-state index contributed by atoms with van der Waals surface area (Å²) >= 11 is 4.74. The van der Waals surface area contributed by atoms with Gasteiger partial charge in [0.15, 0.2) is 0 Å². The lowest BCUT2D eigenvalue weighted by Crippen LogP contribution is -1.83. The standard InChI is InChI=1S/C8H13BrN2S/c1-2-3-4-5-6-7-10-8(9)11-12-7/h2-6H2,1H3. The van der Waals surface area contributed by atoms with Crippen LogP contribution in [-0.2, 0) is 6.42 Å². The van der Waals surface area contributed by atoms with Crippen molar-refractivity contribution in [2.24, 2.45) is 0 Å². The lowest BCUT2D eigenvalue weighted by atomic mass is 10.2. The van der Waals surface area contributed by atoms with Gasteiger partial charge in [0.1, 0.15) is 5.01 Å². The number of hydrogen-bond donors (Lipinski definition) is 0. The maximum Gasteiger partial charge on any atom is 0.209 e. The molecule has 0 radical (unpaired) electrons.